The van der Waals surface area contributed by atoms with Crippen LogP contribution >= 0.6 is 0 Å². The first-order chi connectivity index (χ1) is 12.9. The lowest BCUT2D eigenvalue weighted by atomic mass is 10.1. The molecule has 1 N–H and O–H groups in total. The van der Waals surface area contributed by atoms with Gasteiger partial charge in [0.1, 0.15) is 5.82 Å². The van der Waals surface area contributed by atoms with E-state index in [0.717, 1.165) is 12.8 Å². The number of aromatic nitrogens is 1. The summed E-state index contributed by atoms with van der Waals surface area (Å²) >= 11 is 0. The van der Waals surface area contributed by atoms with Crippen molar-refractivity contribution in [2.24, 2.45) is 0 Å². The highest BCUT2D eigenvalue weighted by Gasteiger charge is 2.22. The van der Waals surface area contributed by atoms with Crippen molar-refractivity contribution < 1.29 is 22.8 Å². The number of carbonyl (C=O) groups is 2. The number of carbonyl (C=O) groups excluding carboxylic acids is 2. The van der Waals surface area contributed by atoms with Crippen LogP contribution in [0.5, 0.6) is 0 Å². The number of amides is 2. The number of anilines is 1. The summed E-state index contributed by atoms with van der Waals surface area (Å²) < 4.78 is 39.7. The zero-order valence-corrected chi connectivity index (χ0v) is 14.7. The van der Waals surface area contributed by atoms with Crippen LogP contribution < -0.4 is 5.32 Å². The maximum atomic E-state index is 13.7. The van der Waals surface area contributed by atoms with Gasteiger partial charge in [-0.05, 0) is 37.5 Å². The van der Waals surface area contributed by atoms with Crippen molar-refractivity contribution in [3.63, 3.8) is 0 Å². The second-order valence-corrected chi connectivity index (χ2v) is 6.39. The van der Waals surface area contributed by atoms with Crippen LogP contribution in [0.25, 0.3) is 0 Å². The predicted molar refractivity (Wildman–Crippen MR) is 92.8 cm³/mol. The van der Waals surface area contributed by atoms with Gasteiger partial charge in [0.15, 0.2) is 5.82 Å². The van der Waals surface area contributed by atoms with E-state index >= 15 is 0 Å². The maximum absolute atomic E-state index is 13.7. The average Bonchev–Trinajstić information content (AvgIpc) is 3.15. The summed E-state index contributed by atoms with van der Waals surface area (Å²) in [7, 11) is 0. The summed E-state index contributed by atoms with van der Waals surface area (Å²) in [5, 5.41) is 2.57. The van der Waals surface area contributed by atoms with Crippen LogP contribution in [0.2, 0.25) is 0 Å². The van der Waals surface area contributed by atoms with Crippen molar-refractivity contribution in [1.29, 1.82) is 0 Å². The highest BCUT2D eigenvalue weighted by molar-refractivity contribution is 5.99. The van der Waals surface area contributed by atoms with Gasteiger partial charge < -0.3 is 10.2 Å². The van der Waals surface area contributed by atoms with Crippen LogP contribution in [0.1, 0.15) is 34.5 Å². The van der Waals surface area contributed by atoms with Gasteiger partial charge in [0.25, 0.3) is 5.91 Å². The SMILES string of the molecule is Cc1c(NC(=O)Cc2nc(F)c(F)cc2F)cccc1C(=O)N1CCCC1. The van der Waals surface area contributed by atoms with E-state index in [1.165, 1.54) is 0 Å². The maximum Gasteiger partial charge on any atom is 0.254 e. The number of hydrogen-bond acceptors (Lipinski definition) is 3. The molecule has 0 unspecified atom stereocenters. The Hall–Kier alpha value is -2.90. The van der Waals surface area contributed by atoms with Gasteiger partial charge in [-0.2, -0.15) is 4.39 Å². The average molecular weight is 377 g/mol. The minimum Gasteiger partial charge on any atom is -0.339 e. The molecule has 0 aliphatic carbocycles. The van der Waals surface area contributed by atoms with E-state index in [9.17, 15) is 22.8 Å². The molecular formula is C19H18F3N3O2. The van der Waals surface area contributed by atoms with E-state index in [1.54, 1.807) is 30.0 Å². The Morgan fingerprint density at radius 3 is 2.56 bits per heavy atom. The minimum atomic E-state index is -1.46. The topological polar surface area (TPSA) is 62.3 Å². The second kappa shape index (κ2) is 7.77. The van der Waals surface area contributed by atoms with Gasteiger partial charge in [0.2, 0.25) is 11.9 Å². The molecule has 2 heterocycles. The first kappa shape index (κ1) is 18.9. The van der Waals surface area contributed by atoms with Crippen LogP contribution in [-0.4, -0.2) is 34.8 Å². The van der Waals surface area contributed by atoms with Crippen molar-refractivity contribution in [3.8, 4) is 0 Å². The molecular weight excluding hydrogens is 359 g/mol. The predicted octanol–water partition coefficient (Wildman–Crippen LogP) is 3.22. The highest BCUT2D eigenvalue weighted by atomic mass is 19.2. The summed E-state index contributed by atoms with van der Waals surface area (Å²) in [4.78, 5) is 29.7. The van der Waals surface area contributed by atoms with Crippen LogP contribution in [0, 0.1) is 24.5 Å². The van der Waals surface area contributed by atoms with Crippen molar-refractivity contribution in [2.75, 3.05) is 18.4 Å². The Labute approximate surface area is 154 Å². The molecule has 5 nitrogen and oxygen atoms in total. The normalized spacial score (nSPS) is 13.7. The molecule has 2 aromatic rings. The summed E-state index contributed by atoms with van der Waals surface area (Å²) in [6, 6.07) is 5.29. The fourth-order valence-electron chi connectivity index (χ4n) is 3.04. The number of rotatable bonds is 4. The monoisotopic (exact) mass is 377 g/mol. The number of pyridine rings is 1. The lowest BCUT2D eigenvalue weighted by Crippen LogP contribution is -2.28. The van der Waals surface area contributed by atoms with Gasteiger partial charge in [-0.1, -0.05) is 6.07 Å². The molecule has 1 aliphatic heterocycles. The zero-order chi connectivity index (χ0) is 19.6. The fraction of sp³-hybridized carbons (Fsp3) is 0.316. The molecule has 1 saturated heterocycles. The Bertz CT molecular complexity index is 896. The number of halogens is 3. The molecule has 142 valence electrons. The molecule has 0 spiro atoms. The smallest absolute Gasteiger partial charge is 0.254 e. The van der Waals surface area contributed by atoms with Gasteiger partial charge in [0.05, 0.1) is 12.1 Å². The van der Waals surface area contributed by atoms with Crippen molar-refractivity contribution in [2.45, 2.75) is 26.2 Å². The Morgan fingerprint density at radius 2 is 1.85 bits per heavy atom. The quantitative estimate of drug-likeness (QED) is 0.833. The van der Waals surface area contributed by atoms with Crippen LogP contribution in [0.4, 0.5) is 18.9 Å². The number of nitrogens with one attached hydrogen (secondary N) is 1. The molecule has 2 amide bonds. The first-order valence-electron chi connectivity index (χ1n) is 8.56. The highest BCUT2D eigenvalue weighted by Crippen LogP contribution is 2.22. The van der Waals surface area contributed by atoms with Crippen LogP contribution in [0.15, 0.2) is 24.3 Å². The molecule has 1 aromatic heterocycles. The van der Waals surface area contributed by atoms with Crippen LogP contribution in [-0.2, 0) is 11.2 Å². The van der Waals surface area contributed by atoms with Gasteiger partial charge >= 0.3 is 0 Å². The number of hydrogen-bond donors (Lipinski definition) is 1. The molecule has 1 aliphatic rings. The standard InChI is InChI=1S/C19H18F3N3O2/c1-11-12(19(27)25-7-2-3-8-25)5-4-6-15(11)23-17(26)10-16-13(20)9-14(21)18(22)24-16/h4-6,9H,2-3,7-8,10H2,1H3,(H,23,26). The van der Waals surface area contributed by atoms with E-state index in [2.05, 4.69) is 10.3 Å². The van der Waals surface area contributed by atoms with Crippen molar-refractivity contribution in [1.82, 2.24) is 9.88 Å². The van der Waals surface area contributed by atoms with E-state index in [0.29, 0.717) is 36.0 Å². The van der Waals surface area contributed by atoms with Gasteiger partial charge in [0, 0.05) is 30.4 Å². The van der Waals surface area contributed by atoms with E-state index in [4.69, 9.17) is 0 Å². The van der Waals surface area contributed by atoms with E-state index < -0.39 is 35.6 Å². The fourth-order valence-corrected chi connectivity index (χ4v) is 3.04. The Kier molecular flexibility index (Phi) is 5.43. The zero-order valence-electron chi connectivity index (χ0n) is 14.7. The molecule has 3 rings (SSSR count). The third-order valence-electron chi connectivity index (χ3n) is 4.52. The third kappa shape index (κ3) is 4.10. The van der Waals surface area contributed by atoms with Crippen molar-refractivity contribution >= 4 is 17.5 Å². The first-order valence-corrected chi connectivity index (χ1v) is 8.56. The van der Waals surface area contributed by atoms with E-state index in [-0.39, 0.29) is 5.91 Å². The molecule has 1 aromatic carbocycles. The molecule has 8 heteroatoms. The van der Waals surface area contributed by atoms with Crippen LogP contribution in [0.3, 0.4) is 0 Å². The molecule has 1 fully saturated rings. The number of likely N-dealkylation sites (tertiary alicyclic amines) is 1. The Balaban J connectivity index is 1.75. The van der Waals surface area contributed by atoms with Gasteiger partial charge in [-0.3, -0.25) is 9.59 Å². The lowest BCUT2D eigenvalue weighted by Gasteiger charge is -2.18. The largest absolute Gasteiger partial charge is 0.339 e. The lowest BCUT2D eigenvalue weighted by molar-refractivity contribution is -0.115. The number of benzene rings is 1. The van der Waals surface area contributed by atoms with Gasteiger partial charge in [-0.15, -0.1) is 0 Å². The third-order valence-corrected chi connectivity index (χ3v) is 4.52. The second-order valence-electron chi connectivity index (χ2n) is 6.39. The summed E-state index contributed by atoms with van der Waals surface area (Å²) in [5.74, 6) is -4.73. The summed E-state index contributed by atoms with van der Waals surface area (Å²) in [5.41, 5.74) is 0.967. The van der Waals surface area contributed by atoms with Gasteiger partial charge in [-0.25, -0.2) is 13.8 Å². The summed E-state index contributed by atoms with van der Waals surface area (Å²) in [6.45, 7) is 3.11. The molecule has 0 atom stereocenters. The van der Waals surface area contributed by atoms with E-state index in [1.807, 2.05) is 0 Å². The molecule has 27 heavy (non-hydrogen) atoms. The van der Waals surface area contributed by atoms with Crippen molar-refractivity contribution in [3.05, 3.63) is 58.7 Å². The molecule has 0 radical (unpaired) electrons. The molecule has 0 bridgehead atoms. The minimum absolute atomic E-state index is 0.102. The molecule has 0 saturated carbocycles. The Morgan fingerprint density at radius 1 is 1.15 bits per heavy atom. The summed E-state index contributed by atoms with van der Waals surface area (Å²) in [6.07, 6.45) is 1.37. The number of nitrogens with zero attached hydrogens (tertiary/aromatic N) is 2.